The largest absolute Gasteiger partial charge is 0.416 e. The van der Waals surface area contributed by atoms with E-state index < -0.39 is 23.2 Å². The number of β-amino-alcohol motifs (C(OH)–C–C–N with tert-alkyl or cyclic N) is 1. The van der Waals surface area contributed by atoms with Crippen molar-refractivity contribution in [1.29, 1.82) is 0 Å². The zero-order valence-corrected chi connectivity index (χ0v) is 9.52. The van der Waals surface area contributed by atoms with E-state index in [4.69, 9.17) is 0 Å². The quantitative estimate of drug-likeness (QED) is 0.763. The number of halogens is 4. The minimum absolute atomic E-state index is 0.0607. The van der Waals surface area contributed by atoms with Crippen molar-refractivity contribution in [3.63, 3.8) is 0 Å². The molecule has 0 aromatic heterocycles. The summed E-state index contributed by atoms with van der Waals surface area (Å²) in [5, 5.41) is 13.1. The molecule has 100 valence electrons. The lowest BCUT2D eigenvalue weighted by Gasteiger charge is -2.33. The van der Waals surface area contributed by atoms with E-state index in [0.29, 0.717) is 25.1 Å². The Morgan fingerprint density at radius 1 is 1.28 bits per heavy atom. The smallest absolute Gasteiger partial charge is 0.384 e. The number of benzene rings is 1. The first-order valence-corrected chi connectivity index (χ1v) is 5.63. The average Bonchev–Trinajstić information content (AvgIpc) is 2.28. The summed E-state index contributed by atoms with van der Waals surface area (Å²) in [4.78, 5) is 0. The van der Waals surface area contributed by atoms with Gasteiger partial charge in [-0.3, -0.25) is 0 Å². The van der Waals surface area contributed by atoms with E-state index in [1.165, 1.54) is 0 Å². The molecular formula is C12H13F4NO. The second kappa shape index (κ2) is 4.51. The molecule has 1 fully saturated rings. The van der Waals surface area contributed by atoms with Gasteiger partial charge in [-0.25, -0.2) is 4.39 Å². The van der Waals surface area contributed by atoms with Crippen LogP contribution in [0.3, 0.4) is 0 Å². The van der Waals surface area contributed by atoms with E-state index in [0.717, 1.165) is 6.07 Å². The summed E-state index contributed by atoms with van der Waals surface area (Å²) in [5.41, 5.74) is -2.80. The third kappa shape index (κ3) is 2.49. The third-order valence-corrected chi connectivity index (χ3v) is 3.16. The van der Waals surface area contributed by atoms with Crippen LogP contribution in [0, 0.1) is 5.82 Å². The van der Waals surface area contributed by atoms with E-state index in [1.807, 2.05) is 0 Å². The van der Waals surface area contributed by atoms with Crippen LogP contribution in [0.4, 0.5) is 17.6 Å². The van der Waals surface area contributed by atoms with Crippen molar-refractivity contribution in [3.8, 4) is 0 Å². The average molecular weight is 263 g/mol. The molecule has 6 heteroatoms. The molecule has 1 aromatic carbocycles. The predicted octanol–water partition coefficient (Wildman–Crippen LogP) is 2.42. The maximum atomic E-state index is 13.6. The van der Waals surface area contributed by atoms with Crippen LogP contribution in [0.25, 0.3) is 0 Å². The highest BCUT2D eigenvalue weighted by Crippen LogP contribution is 2.35. The first-order valence-electron chi connectivity index (χ1n) is 5.63. The summed E-state index contributed by atoms with van der Waals surface area (Å²) in [6.07, 6.45) is -3.70. The van der Waals surface area contributed by atoms with Gasteiger partial charge in [0.05, 0.1) is 5.56 Å². The lowest BCUT2D eigenvalue weighted by molar-refractivity contribution is -0.137. The highest BCUT2D eigenvalue weighted by atomic mass is 19.4. The van der Waals surface area contributed by atoms with Gasteiger partial charge in [0.25, 0.3) is 0 Å². The first kappa shape index (κ1) is 13.3. The lowest BCUT2D eigenvalue weighted by Crippen LogP contribution is -2.43. The summed E-state index contributed by atoms with van der Waals surface area (Å²) in [7, 11) is 0. The van der Waals surface area contributed by atoms with Gasteiger partial charge in [0.1, 0.15) is 11.4 Å². The van der Waals surface area contributed by atoms with Crippen molar-refractivity contribution < 1.29 is 22.7 Å². The molecule has 2 N–H and O–H groups in total. The van der Waals surface area contributed by atoms with Crippen LogP contribution in [0.1, 0.15) is 24.0 Å². The number of nitrogens with one attached hydrogen (secondary N) is 1. The Morgan fingerprint density at radius 2 is 2.00 bits per heavy atom. The normalized spacial score (nSPS) is 25.2. The molecule has 0 saturated carbocycles. The molecule has 1 atom stereocenters. The fourth-order valence-electron chi connectivity index (χ4n) is 2.18. The van der Waals surface area contributed by atoms with E-state index in [9.17, 15) is 22.7 Å². The maximum Gasteiger partial charge on any atom is 0.416 e. The molecule has 0 radical (unpaired) electrons. The van der Waals surface area contributed by atoms with Crippen LogP contribution >= 0.6 is 0 Å². The molecule has 1 heterocycles. The number of piperidine rings is 1. The molecular weight excluding hydrogens is 250 g/mol. The fraction of sp³-hybridized carbons (Fsp3) is 0.500. The second-order valence-corrected chi connectivity index (χ2v) is 4.50. The summed E-state index contributed by atoms with van der Waals surface area (Å²) in [6.45, 7) is 0.730. The van der Waals surface area contributed by atoms with Crippen LogP contribution in [-0.2, 0) is 11.8 Å². The van der Waals surface area contributed by atoms with Gasteiger partial charge >= 0.3 is 6.18 Å². The second-order valence-electron chi connectivity index (χ2n) is 4.50. The Balaban J connectivity index is 2.43. The number of aliphatic hydroxyl groups is 1. The fourth-order valence-corrected chi connectivity index (χ4v) is 2.18. The monoisotopic (exact) mass is 263 g/mol. The van der Waals surface area contributed by atoms with Gasteiger partial charge in [0.2, 0.25) is 0 Å². The van der Waals surface area contributed by atoms with Crippen molar-refractivity contribution in [2.75, 3.05) is 13.1 Å². The highest BCUT2D eigenvalue weighted by molar-refractivity contribution is 5.32. The molecule has 1 aliphatic rings. The van der Waals surface area contributed by atoms with Gasteiger partial charge in [0.15, 0.2) is 0 Å². The van der Waals surface area contributed by atoms with E-state index in [-0.39, 0.29) is 18.5 Å². The lowest BCUT2D eigenvalue weighted by atomic mass is 9.85. The molecule has 0 amide bonds. The summed E-state index contributed by atoms with van der Waals surface area (Å²) in [6, 6.07) is 2.13. The minimum atomic E-state index is -4.54. The Morgan fingerprint density at radius 3 is 2.56 bits per heavy atom. The Labute approximate surface area is 102 Å². The van der Waals surface area contributed by atoms with Crippen molar-refractivity contribution in [1.82, 2.24) is 5.32 Å². The van der Waals surface area contributed by atoms with Crippen molar-refractivity contribution in [2.24, 2.45) is 0 Å². The molecule has 1 unspecified atom stereocenters. The molecule has 0 bridgehead atoms. The van der Waals surface area contributed by atoms with Crippen LogP contribution in [0.5, 0.6) is 0 Å². The number of hydrogen-bond donors (Lipinski definition) is 2. The molecule has 2 nitrogen and oxygen atoms in total. The number of hydrogen-bond acceptors (Lipinski definition) is 2. The first-order chi connectivity index (χ1) is 8.33. The van der Waals surface area contributed by atoms with Crippen LogP contribution < -0.4 is 5.32 Å². The molecule has 2 rings (SSSR count). The SMILES string of the molecule is OC1(c2cc(C(F)(F)F)ccc2F)CCCNC1. The van der Waals surface area contributed by atoms with Gasteiger partial charge in [0, 0.05) is 12.1 Å². The van der Waals surface area contributed by atoms with Gasteiger partial charge in [-0.2, -0.15) is 13.2 Å². The summed E-state index contributed by atoms with van der Waals surface area (Å²) >= 11 is 0. The van der Waals surface area contributed by atoms with Crippen LogP contribution in [0.15, 0.2) is 18.2 Å². The molecule has 0 spiro atoms. The highest BCUT2D eigenvalue weighted by Gasteiger charge is 2.37. The molecule has 18 heavy (non-hydrogen) atoms. The zero-order valence-electron chi connectivity index (χ0n) is 9.52. The molecule has 1 aromatic rings. The van der Waals surface area contributed by atoms with Crippen molar-refractivity contribution in [2.45, 2.75) is 24.6 Å². The standard InChI is InChI=1S/C12H13F4NO/c13-10-3-2-8(12(14,15)16)6-9(10)11(18)4-1-5-17-7-11/h2-3,6,17-18H,1,4-5,7H2. The molecule has 1 saturated heterocycles. The van der Waals surface area contributed by atoms with Crippen molar-refractivity contribution in [3.05, 3.63) is 35.1 Å². The number of rotatable bonds is 1. The topological polar surface area (TPSA) is 32.3 Å². The molecule has 0 aliphatic carbocycles. The molecule has 1 aliphatic heterocycles. The van der Waals surface area contributed by atoms with Gasteiger partial charge in [-0.05, 0) is 37.6 Å². The predicted molar refractivity (Wildman–Crippen MR) is 57.4 cm³/mol. The van der Waals surface area contributed by atoms with Gasteiger partial charge in [-0.15, -0.1) is 0 Å². The Hall–Kier alpha value is -1.14. The van der Waals surface area contributed by atoms with Crippen molar-refractivity contribution >= 4 is 0 Å². The zero-order chi connectivity index (χ0) is 13.4. The van der Waals surface area contributed by atoms with Gasteiger partial charge in [-0.1, -0.05) is 0 Å². The van der Waals surface area contributed by atoms with Crippen LogP contribution in [-0.4, -0.2) is 18.2 Å². The Bertz CT molecular complexity index is 438. The minimum Gasteiger partial charge on any atom is -0.384 e. The van der Waals surface area contributed by atoms with Crippen LogP contribution in [0.2, 0.25) is 0 Å². The third-order valence-electron chi connectivity index (χ3n) is 3.16. The Kier molecular flexibility index (Phi) is 3.33. The maximum absolute atomic E-state index is 13.6. The van der Waals surface area contributed by atoms with E-state index in [1.54, 1.807) is 0 Å². The van der Waals surface area contributed by atoms with E-state index >= 15 is 0 Å². The summed E-state index contributed by atoms with van der Waals surface area (Å²) < 4.78 is 51.3. The van der Waals surface area contributed by atoms with E-state index in [2.05, 4.69) is 5.32 Å². The number of alkyl halides is 3. The summed E-state index contributed by atoms with van der Waals surface area (Å²) in [5.74, 6) is -0.811. The van der Waals surface area contributed by atoms with Gasteiger partial charge < -0.3 is 10.4 Å².